The van der Waals surface area contributed by atoms with Crippen LogP contribution in [0.5, 0.6) is 11.5 Å². The van der Waals surface area contributed by atoms with Gasteiger partial charge in [-0.1, -0.05) is 13.3 Å². The Bertz CT molecular complexity index is 532. The number of carbonyl (C=O) groups is 2. The van der Waals surface area contributed by atoms with E-state index in [-0.39, 0.29) is 18.4 Å². The number of unbranched alkanes of at least 4 members (excludes halogenated alkanes) is 1. The van der Waals surface area contributed by atoms with Gasteiger partial charge in [0.25, 0.3) is 0 Å². The van der Waals surface area contributed by atoms with E-state index in [9.17, 15) is 9.59 Å². The Kier molecular flexibility index (Phi) is 7.18. The molecule has 2 amide bonds. The van der Waals surface area contributed by atoms with Gasteiger partial charge in [0, 0.05) is 18.6 Å². The molecule has 22 heavy (non-hydrogen) atoms. The van der Waals surface area contributed by atoms with Crippen LogP contribution in [0.4, 0.5) is 11.4 Å². The summed E-state index contributed by atoms with van der Waals surface area (Å²) in [7, 11) is 2.99. The Hall–Kier alpha value is -2.28. The summed E-state index contributed by atoms with van der Waals surface area (Å²) < 4.78 is 10.4. The molecule has 122 valence electrons. The molecule has 7 nitrogen and oxygen atoms in total. The minimum absolute atomic E-state index is 0.127. The molecule has 0 aliphatic carbocycles. The van der Waals surface area contributed by atoms with Crippen LogP contribution in [0, 0.1) is 0 Å². The van der Waals surface area contributed by atoms with Crippen LogP contribution in [-0.2, 0) is 9.59 Å². The molecule has 4 N–H and O–H groups in total. The molecule has 0 saturated heterocycles. The average Bonchev–Trinajstić information content (AvgIpc) is 2.53. The van der Waals surface area contributed by atoms with Crippen molar-refractivity contribution >= 4 is 23.2 Å². The highest BCUT2D eigenvalue weighted by atomic mass is 16.5. The molecule has 1 rings (SSSR count). The average molecular weight is 309 g/mol. The fraction of sp³-hybridized carbons (Fsp3) is 0.467. The highest BCUT2D eigenvalue weighted by Gasteiger charge is 2.14. The van der Waals surface area contributed by atoms with Gasteiger partial charge in [0.05, 0.1) is 32.1 Å². The van der Waals surface area contributed by atoms with Crippen LogP contribution in [0.3, 0.4) is 0 Å². The van der Waals surface area contributed by atoms with E-state index in [2.05, 4.69) is 10.6 Å². The number of methoxy groups -OCH3 is 2. The molecule has 0 aromatic heterocycles. The quantitative estimate of drug-likeness (QED) is 0.678. The minimum atomic E-state index is -0.365. The van der Waals surface area contributed by atoms with Gasteiger partial charge in [-0.3, -0.25) is 9.59 Å². The van der Waals surface area contributed by atoms with E-state index in [1.807, 2.05) is 6.92 Å². The summed E-state index contributed by atoms with van der Waals surface area (Å²) in [5.74, 6) is 0.411. The highest BCUT2D eigenvalue weighted by molar-refractivity contribution is 6.00. The number of ether oxygens (including phenoxy) is 2. The second-order valence-electron chi connectivity index (χ2n) is 4.66. The lowest BCUT2D eigenvalue weighted by molar-refractivity contribution is -0.116. The van der Waals surface area contributed by atoms with Gasteiger partial charge >= 0.3 is 0 Å². The molecule has 0 saturated carbocycles. The van der Waals surface area contributed by atoms with Crippen molar-refractivity contribution in [1.29, 1.82) is 0 Å². The van der Waals surface area contributed by atoms with Gasteiger partial charge in [-0.25, -0.2) is 0 Å². The maximum atomic E-state index is 11.9. The van der Waals surface area contributed by atoms with Gasteiger partial charge < -0.3 is 25.8 Å². The zero-order chi connectivity index (χ0) is 16.5. The second-order valence-corrected chi connectivity index (χ2v) is 4.66. The van der Waals surface area contributed by atoms with Crippen molar-refractivity contribution in [3.8, 4) is 11.5 Å². The summed E-state index contributed by atoms with van der Waals surface area (Å²) in [5, 5.41) is 5.40. The molecule has 7 heteroatoms. The number of amides is 2. The summed E-state index contributed by atoms with van der Waals surface area (Å²) in [5.41, 5.74) is 6.17. The van der Waals surface area contributed by atoms with E-state index >= 15 is 0 Å². The molecule has 1 aromatic rings. The molecular weight excluding hydrogens is 286 g/mol. The summed E-state index contributed by atoms with van der Waals surface area (Å²) in [4.78, 5) is 23.4. The first-order valence-electron chi connectivity index (χ1n) is 7.11. The summed E-state index contributed by atoms with van der Waals surface area (Å²) >= 11 is 0. The van der Waals surface area contributed by atoms with Gasteiger partial charge in [0.1, 0.15) is 0 Å². The molecule has 0 spiro atoms. The maximum Gasteiger partial charge on any atom is 0.238 e. The van der Waals surface area contributed by atoms with Gasteiger partial charge in [-0.2, -0.15) is 0 Å². The van der Waals surface area contributed by atoms with Gasteiger partial charge in [-0.15, -0.1) is 0 Å². The molecule has 0 fully saturated rings. The normalized spacial score (nSPS) is 10.0. The fourth-order valence-corrected chi connectivity index (χ4v) is 1.84. The van der Waals surface area contributed by atoms with Crippen LogP contribution in [0.1, 0.15) is 26.2 Å². The lowest BCUT2D eigenvalue weighted by Gasteiger charge is -2.16. The summed E-state index contributed by atoms with van der Waals surface area (Å²) in [6.07, 6.45) is 2.13. The van der Waals surface area contributed by atoms with Crippen molar-refractivity contribution < 1.29 is 19.1 Å². The molecular formula is C15H23N3O4. The Balaban J connectivity index is 3.09. The van der Waals surface area contributed by atoms with Crippen molar-refractivity contribution in [3.63, 3.8) is 0 Å². The van der Waals surface area contributed by atoms with Crippen LogP contribution in [0.25, 0.3) is 0 Å². The molecule has 0 unspecified atom stereocenters. The van der Waals surface area contributed by atoms with Gasteiger partial charge in [-0.05, 0) is 6.42 Å². The standard InChI is InChI=1S/C15H23N3O4/c1-4-5-6-14(19)17-10-7-12(21-2)13(22-3)8-11(10)18-15(20)9-16/h7-8H,4-6,9,16H2,1-3H3,(H,17,19)(H,18,20). The number of carbonyl (C=O) groups excluding carboxylic acids is 2. The first-order valence-corrected chi connectivity index (χ1v) is 7.11. The van der Waals surface area contributed by atoms with Crippen LogP contribution < -0.4 is 25.8 Å². The lowest BCUT2D eigenvalue weighted by Crippen LogP contribution is -2.23. The van der Waals surface area contributed by atoms with Crippen LogP contribution in [0.15, 0.2) is 12.1 Å². The van der Waals surface area contributed by atoms with Crippen LogP contribution in [0.2, 0.25) is 0 Å². The number of rotatable bonds is 8. The third-order valence-electron chi connectivity index (χ3n) is 3.01. The molecule has 1 aromatic carbocycles. The first-order chi connectivity index (χ1) is 10.5. The van der Waals surface area contributed by atoms with E-state index in [1.165, 1.54) is 14.2 Å². The summed E-state index contributed by atoms with van der Waals surface area (Å²) in [6.45, 7) is 1.86. The van der Waals surface area contributed by atoms with E-state index in [0.29, 0.717) is 29.3 Å². The third kappa shape index (κ3) is 4.92. The molecule has 0 bridgehead atoms. The highest BCUT2D eigenvalue weighted by Crippen LogP contribution is 2.36. The van der Waals surface area contributed by atoms with Gasteiger partial charge in [0.15, 0.2) is 11.5 Å². The summed E-state index contributed by atoms with van der Waals surface area (Å²) in [6, 6.07) is 3.19. The molecule has 0 heterocycles. The van der Waals surface area contributed by atoms with Gasteiger partial charge in [0.2, 0.25) is 11.8 Å². The minimum Gasteiger partial charge on any atom is -0.493 e. The van der Waals surface area contributed by atoms with E-state index < -0.39 is 0 Å². The predicted octanol–water partition coefficient (Wildman–Crippen LogP) is 1.73. The molecule has 0 aliphatic rings. The molecule has 0 aliphatic heterocycles. The number of benzene rings is 1. The Morgan fingerprint density at radius 2 is 1.55 bits per heavy atom. The lowest BCUT2D eigenvalue weighted by atomic mass is 10.2. The van der Waals surface area contributed by atoms with E-state index in [0.717, 1.165) is 12.8 Å². The maximum absolute atomic E-state index is 11.9. The number of hydrogen-bond donors (Lipinski definition) is 3. The first kappa shape index (κ1) is 17.8. The fourth-order valence-electron chi connectivity index (χ4n) is 1.84. The Morgan fingerprint density at radius 1 is 1.05 bits per heavy atom. The number of nitrogens with two attached hydrogens (primary N) is 1. The van der Waals surface area contributed by atoms with E-state index in [1.54, 1.807) is 12.1 Å². The zero-order valence-electron chi connectivity index (χ0n) is 13.2. The molecule has 0 atom stereocenters. The van der Waals surface area contributed by atoms with E-state index in [4.69, 9.17) is 15.2 Å². The zero-order valence-corrected chi connectivity index (χ0v) is 13.2. The third-order valence-corrected chi connectivity index (χ3v) is 3.01. The largest absolute Gasteiger partial charge is 0.493 e. The van der Waals surface area contributed by atoms with Crippen molar-refractivity contribution in [3.05, 3.63) is 12.1 Å². The van der Waals surface area contributed by atoms with Crippen molar-refractivity contribution in [2.45, 2.75) is 26.2 Å². The number of hydrogen-bond acceptors (Lipinski definition) is 5. The topological polar surface area (TPSA) is 103 Å². The second kappa shape index (κ2) is 8.89. The Labute approximate surface area is 130 Å². The van der Waals surface area contributed by atoms with Crippen molar-refractivity contribution in [2.75, 3.05) is 31.4 Å². The monoisotopic (exact) mass is 309 g/mol. The van der Waals surface area contributed by atoms with Crippen LogP contribution >= 0.6 is 0 Å². The van der Waals surface area contributed by atoms with Crippen molar-refractivity contribution in [1.82, 2.24) is 0 Å². The molecule has 0 radical (unpaired) electrons. The number of nitrogens with one attached hydrogen (secondary N) is 2. The Morgan fingerprint density at radius 3 is 1.95 bits per heavy atom. The van der Waals surface area contributed by atoms with Crippen LogP contribution in [-0.4, -0.2) is 32.6 Å². The SMILES string of the molecule is CCCCC(=O)Nc1cc(OC)c(OC)cc1NC(=O)CN. The number of anilines is 2. The predicted molar refractivity (Wildman–Crippen MR) is 85.4 cm³/mol. The van der Waals surface area contributed by atoms with Crippen molar-refractivity contribution in [2.24, 2.45) is 5.73 Å². The smallest absolute Gasteiger partial charge is 0.238 e.